The minimum atomic E-state index is -0.299. The number of esters is 1. The molecule has 0 aromatic rings. The van der Waals surface area contributed by atoms with Crippen molar-refractivity contribution >= 4 is 5.97 Å². The van der Waals surface area contributed by atoms with Crippen LogP contribution in [0.3, 0.4) is 0 Å². The standard InChI is InChI=1S/C42H72O2/c1-7-8-9-10-11-12-13-14-15-16-17-18-19-20-21-22-23-24-25-35-42(43)44-37-36-41(6)34-28-33-40(5)32-27-31-39(4)30-26-29-38(2)3/h17-25,35-36,38-40H,7-16,26-34,37H2,1-6H3. The molecule has 2 nitrogen and oxygen atoms in total. The lowest BCUT2D eigenvalue weighted by atomic mass is 9.91. The Bertz CT molecular complexity index is 823. The second-order valence-corrected chi connectivity index (χ2v) is 13.6. The monoisotopic (exact) mass is 609 g/mol. The van der Waals surface area contributed by atoms with Crippen molar-refractivity contribution in [3.8, 4) is 0 Å². The van der Waals surface area contributed by atoms with Crippen LogP contribution in [0.2, 0.25) is 0 Å². The van der Waals surface area contributed by atoms with Crippen LogP contribution in [-0.4, -0.2) is 12.6 Å². The lowest BCUT2D eigenvalue weighted by molar-refractivity contribution is -0.136. The maximum Gasteiger partial charge on any atom is 0.331 e. The molecule has 0 heterocycles. The van der Waals surface area contributed by atoms with Crippen LogP contribution in [0.4, 0.5) is 0 Å². The van der Waals surface area contributed by atoms with E-state index in [1.165, 1.54) is 121 Å². The molecule has 0 N–H and O–H groups in total. The van der Waals surface area contributed by atoms with E-state index in [1.807, 2.05) is 36.5 Å². The highest BCUT2D eigenvalue weighted by Gasteiger charge is 2.07. The molecule has 2 heteroatoms. The average molecular weight is 609 g/mol. The number of carbonyl (C=O) groups excluding carboxylic acids is 1. The zero-order chi connectivity index (χ0) is 32.5. The van der Waals surface area contributed by atoms with Crippen LogP contribution in [0, 0.1) is 17.8 Å². The molecule has 2 unspecified atom stereocenters. The second kappa shape index (κ2) is 32.3. The van der Waals surface area contributed by atoms with Crippen LogP contribution in [0.15, 0.2) is 72.4 Å². The van der Waals surface area contributed by atoms with Gasteiger partial charge in [0.05, 0.1) is 0 Å². The predicted molar refractivity (Wildman–Crippen MR) is 197 cm³/mol. The smallest absolute Gasteiger partial charge is 0.331 e. The lowest BCUT2D eigenvalue weighted by Crippen LogP contribution is -2.01. The lowest BCUT2D eigenvalue weighted by Gasteiger charge is -2.15. The molecule has 0 aliphatic heterocycles. The first-order chi connectivity index (χ1) is 21.3. The second-order valence-electron chi connectivity index (χ2n) is 13.6. The topological polar surface area (TPSA) is 26.3 Å². The minimum absolute atomic E-state index is 0.299. The number of unbranched alkanes of at least 4 members (excludes halogenated alkanes) is 9. The summed E-state index contributed by atoms with van der Waals surface area (Å²) in [6, 6.07) is 0. The van der Waals surface area contributed by atoms with Gasteiger partial charge in [-0.05, 0) is 56.4 Å². The number of hydrogen-bond acceptors (Lipinski definition) is 2. The Labute approximate surface area is 275 Å². The van der Waals surface area contributed by atoms with Crippen molar-refractivity contribution < 1.29 is 9.53 Å². The molecule has 0 saturated heterocycles. The van der Waals surface area contributed by atoms with Gasteiger partial charge in [-0.1, -0.05) is 191 Å². The van der Waals surface area contributed by atoms with Crippen molar-refractivity contribution in [2.24, 2.45) is 17.8 Å². The number of rotatable bonds is 29. The maximum atomic E-state index is 11.9. The molecule has 0 amide bonds. The number of allylic oxidation sites excluding steroid dienone is 10. The van der Waals surface area contributed by atoms with Crippen LogP contribution in [-0.2, 0) is 9.53 Å². The van der Waals surface area contributed by atoms with E-state index in [1.54, 1.807) is 6.08 Å². The molecule has 0 spiro atoms. The van der Waals surface area contributed by atoms with Crippen LogP contribution >= 0.6 is 0 Å². The summed E-state index contributed by atoms with van der Waals surface area (Å²) >= 11 is 0. The Balaban J connectivity index is 3.82. The van der Waals surface area contributed by atoms with Crippen molar-refractivity contribution in [1.82, 2.24) is 0 Å². The molecule has 0 aliphatic rings. The van der Waals surface area contributed by atoms with Gasteiger partial charge >= 0.3 is 5.97 Å². The van der Waals surface area contributed by atoms with Gasteiger partial charge in [0.1, 0.15) is 6.61 Å². The molecule has 0 rings (SSSR count). The molecule has 0 aromatic heterocycles. The van der Waals surface area contributed by atoms with E-state index in [-0.39, 0.29) is 5.97 Å². The van der Waals surface area contributed by atoms with E-state index >= 15 is 0 Å². The summed E-state index contributed by atoms with van der Waals surface area (Å²) in [5.41, 5.74) is 1.31. The maximum absolute atomic E-state index is 11.9. The fourth-order valence-electron chi connectivity index (χ4n) is 5.39. The van der Waals surface area contributed by atoms with Gasteiger partial charge < -0.3 is 4.74 Å². The quantitative estimate of drug-likeness (QED) is 0.0277. The van der Waals surface area contributed by atoms with Crippen LogP contribution in [0.25, 0.3) is 0 Å². The van der Waals surface area contributed by atoms with Crippen molar-refractivity contribution in [1.29, 1.82) is 0 Å². The molecule has 0 aromatic carbocycles. The highest BCUT2D eigenvalue weighted by molar-refractivity contribution is 5.82. The van der Waals surface area contributed by atoms with E-state index in [0.29, 0.717) is 6.61 Å². The van der Waals surface area contributed by atoms with Crippen molar-refractivity contribution in [2.45, 2.75) is 164 Å². The third-order valence-electron chi connectivity index (χ3n) is 8.42. The highest BCUT2D eigenvalue weighted by atomic mass is 16.5. The summed E-state index contributed by atoms with van der Waals surface area (Å²) in [5, 5.41) is 0. The first-order valence-corrected chi connectivity index (χ1v) is 18.5. The van der Waals surface area contributed by atoms with Gasteiger partial charge in [-0.25, -0.2) is 4.79 Å². The van der Waals surface area contributed by atoms with Crippen molar-refractivity contribution in [3.05, 3.63) is 72.4 Å². The van der Waals surface area contributed by atoms with E-state index in [0.717, 1.165) is 30.6 Å². The molecule has 0 bridgehead atoms. The summed E-state index contributed by atoms with van der Waals surface area (Å²) in [7, 11) is 0. The SMILES string of the molecule is CCCCCCCCCCCC=CC=CC=CC=CC=CC(=O)OCC=C(C)CCCC(C)CCCC(C)CCCC(C)C. The van der Waals surface area contributed by atoms with Gasteiger partial charge in [0, 0.05) is 6.08 Å². The van der Waals surface area contributed by atoms with E-state index < -0.39 is 0 Å². The summed E-state index contributed by atoms with van der Waals surface area (Å²) in [6.45, 7) is 14.2. The van der Waals surface area contributed by atoms with Gasteiger partial charge in [0.2, 0.25) is 0 Å². The van der Waals surface area contributed by atoms with E-state index in [4.69, 9.17) is 4.74 Å². The number of hydrogen-bond donors (Lipinski definition) is 0. The molecule has 0 saturated carbocycles. The first-order valence-electron chi connectivity index (χ1n) is 18.5. The van der Waals surface area contributed by atoms with Crippen LogP contribution in [0.5, 0.6) is 0 Å². The Morgan fingerprint density at radius 1 is 0.591 bits per heavy atom. The fourth-order valence-corrected chi connectivity index (χ4v) is 5.39. The zero-order valence-electron chi connectivity index (χ0n) is 30.0. The largest absolute Gasteiger partial charge is 0.458 e. The van der Waals surface area contributed by atoms with Crippen LogP contribution < -0.4 is 0 Å². The first kappa shape index (κ1) is 41.9. The van der Waals surface area contributed by atoms with E-state index in [9.17, 15) is 4.79 Å². The normalized spacial score (nSPS) is 14.4. The average Bonchev–Trinajstić information content (AvgIpc) is 2.98. The zero-order valence-corrected chi connectivity index (χ0v) is 30.0. The van der Waals surface area contributed by atoms with Crippen LogP contribution in [0.1, 0.15) is 164 Å². The van der Waals surface area contributed by atoms with Gasteiger partial charge in [-0.15, -0.1) is 0 Å². The Morgan fingerprint density at radius 3 is 1.68 bits per heavy atom. The van der Waals surface area contributed by atoms with Crippen molar-refractivity contribution in [3.63, 3.8) is 0 Å². The predicted octanol–water partition coefficient (Wildman–Crippen LogP) is 13.6. The summed E-state index contributed by atoms with van der Waals surface area (Å²) in [4.78, 5) is 11.9. The third-order valence-corrected chi connectivity index (χ3v) is 8.42. The molecular formula is C42H72O2. The summed E-state index contributed by atoms with van der Waals surface area (Å²) in [6.07, 6.45) is 46.8. The summed E-state index contributed by atoms with van der Waals surface area (Å²) in [5.74, 6) is 2.20. The van der Waals surface area contributed by atoms with Gasteiger partial charge in [0.15, 0.2) is 0 Å². The van der Waals surface area contributed by atoms with Gasteiger partial charge in [-0.2, -0.15) is 0 Å². The number of ether oxygens (including phenoxy) is 1. The molecule has 252 valence electrons. The molecular weight excluding hydrogens is 536 g/mol. The summed E-state index contributed by atoms with van der Waals surface area (Å²) < 4.78 is 5.32. The fraction of sp³-hybridized carbons (Fsp3) is 0.690. The van der Waals surface area contributed by atoms with Gasteiger partial charge in [0.25, 0.3) is 0 Å². The van der Waals surface area contributed by atoms with E-state index in [2.05, 4.69) is 59.8 Å². The molecule has 0 fully saturated rings. The third kappa shape index (κ3) is 32.8. The minimum Gasteiger partial charge on any atom is -0.458 e. The Morgan fingerprint density at radius 2 is 1.09 bits per heavy atom. The highest BCUT2D eigenvalue weighted by Crippen LogP contribution is 2.22. The Kier molecular flexibility index (Phi) is 30.8. The van der Waals surface area contributed by atoms with Gasteiger partial charge in [-0.3, -0.25) is 0 Å². The van der Waals surface area contributed by atoms with Crippen molar-refractivity contribution in [2.75, 3.05) is 6.61 Å². The molecule has 0 radical (unpaired) electrons. The Hall–Kier alpha value is -2.09. The molecule has 2 atom stereocenters. The number of carbonyl (C=O) groups is 1. The molecule has 44 heavy (non-hydrogen) atoms. The molecule has 0 aliphatic carbocycles.